The van der Waals surface area contributed by atoms with E-state index in [0.717, 1.165) is 18.2 Å². The van der Waals surface area contributed by atoms with Crippen molar-refractivity contribution in [2.45, 2.75) is 6.10 Å². The molecule has 0 saturated heterocycles. The zero-order valence-electron chi connectivity index (χ0n) is 10.1. The van der Waals surface area contributed by atoms with Gasteiger partial charge in [-0.05, 0) is 0 Å². The molecule has 1 aromatic rings. The standard InChI is InChI=1S/C10H11N3O7/c14-5-9(15)4-11-10(16)6-1-7(12(17)18)3-8(2-6)13(19)20/h1-3,9,14-15H,4-5H2,(H,11,16). The van der Waals surface area contributed by atoms with Gasteiger partial charge in [-0.15, -0.1) is 0 Å². The molecule has 1 aromatic carbocycles. The van der Waals surface area contributed by atoms with E-state index in [9.17, 15) is 25.0 Å². The summed E-state index contributed by atoms with van der Waals surface area (Å²) < 4.78 is 0. The van der Waals surface area contributed by atoms with Crippen LogP contribution in [-0.2, 0) is 0 Å². The third kappa shape index (κ3) is 3.96. The third-order valence-electron chi connectivity index (χ3n) is 2.30. The van der Waals surface area contributed by atoms with Crippen molar-refractivity contribution in [3.8, 4) is 0 Å². The summed E-state index contributed by atoms with van der Waals surface area (Å²) in [5, 5.41) is 41.1. The lowest BCUT2D eigenvalue weighted by Crippen LogP contribution is -2.33. The average Bonchev–Trinajstić information content (AvgIpc) is 2.43. The van der Waals surface area contributed by atoms with Gasteiger partial charge in [-0.1, -0.05) is 0 Å². The number of nitro benzene ring substituents is 2. The summed E-state index contributed by atoms with van der Waals surface area (Å²) in [6, 6.07) is 2.50. The Morgan fingerprint density at radius 3 is 2.10 bits per heavy atom. The van der Waals surface area contributed by atoms with E-state index < -0.39 is 39.8 Å². The fourth-order valence-electron chi connectivity index (χ4n) is 1.31. The highest BCUT2D eigenvalue weighted by atomic mass is 16.6. The number of nitro groups is 2. The lowest BCUT2D eigenvalue weighted by atomic mass is 10.1. The molecule has 3 N–H and O–H groups in total. The van der Waals surface area contributed by atoms with E-state index in [1.165, 1.54) is 0 Å². The van der Waals surface area contributed by atoms with Gasteiger partial charge in [0, 0.05) is 18.7 Å². The molecule has 10 heteroatoms. The Bertz CT molecular complexity index is 513. The summed E-state index contributed by atoms with van der Waals surface area (Å²) in [7, 11) is 0. The van der Waals surface area contributed by atoms with E-state index >= 15 is 0 Å². The number of rotatable bonds is 6. The molecule has 0 aliphatic carbocycles. The second-order valence-corrected chi connectivity index (χ2v) is 3.80. The van der Waals surface area contributed by atoms with Crippen LogP contribution in [-0.4, -0.2) is 45.2 Å². The van der Waals surface area contributed by atoms with E-state index in [-0.39, 0.29) is 12.1 Å². The summed E-state index contributed by atoms with van der Waals surface area (Å²) in [5.41, 5.74) is -1.46. The van der Waals surface area contributed by atoms with Crippen LogP contribution in [0.3, 0.4) is 0 Å². The van der Waals surface area contributed by atoms with Gasteiger partial charge < -0.3 is 15.5 Å². The van der Waals surface area contributed by atoms with Crippen LogP contribution in [0.2, 0.25) is 0 Å². The van der Waals surface area contributed by atoms with Gasteiger partial charge in [0.25, 0.3) is 17.3 Å². The molecular weight excluding hydrogens is 274 g/mol. The number of amides is 1. The summed E-state index contributed by atoms with van der Waals surface area (Å²) in [5.74, 6) is -0.829. The Balaban J connectivity index is 3.01. The monoisotopic (exact) mass is 285 g/mol. The van der Waals surface area contributed by atoms with Crippen molar-refractivity contribution in [2.24, 2.45) is 0 Å². The molecule has 108 valence electrons. The first-order valence-electron chi connectivity index (χ1n) is 5.36. The minimum Gasteiger partial charge on any atom is -0.394 e. The molecule has 0 aliphatic rings. The molecule has 0 radical (unpaired) electrons. The van der Waals surface area contributed by atoms with Crippen molar-refractivity contribution in [3.63, 3.8) is 0 Å². The Kier molecular flexibility index (Phi) is 5.06. The Morgan fingerprint density at radius 2 is 1.70 bits per heavy atom. The molecular formula is C10H11N3O7. The molecule has 0 aliphatic heterocycles. The number of hydrogen-bond acceptors (Lipinski definition) is 7. The lowest BCUT2D eigenvalue weighted by Gasteiger charge is -2.08. The second-order valence-electron chi connectivity index (χ2n) is 3.80. The Morgan fingerprint density at radius 1 is 1.20 bits per heavy atom. The SMILES string of the molecule is O=C(NCC(O)CO)c1cc([N+](=O)[O-])cc([N+](=O)[O-])c1. The predicted octanol–water partition coefficient (Wildman–Crippen LogP) is -0.414. The molecule has 1 rings (SSSR count). The van der Waals surface area contributed by atoms with Gasteiger partial charge >= 0.3 is 0 Å². The highest BCUT2D eigenvalue weighted by Crippen LogP contribution is 2.22. The molecule has 0 aromatic heterocycles. The van der Waals surface area contributed by atoms with Gasteiger partial charge in [-0.25, -0.2) is 0 Å². The van der Waals surface area contributed by atoms with Crippen LogP contribution in [0.5, 0.6) is 0 Å². The maximum Gasteiger partial charge on any atom is 0.277 e. The van der Waals surface area contributed by atoms with E-state index in [1.807, 2.05) is 0 Å². The number of benzene rings is 1. The van der Waals surface area contributed by atoms with E-state index in [4.69, 9.17) is 10.2 Å². The minimum absolute atomic E-state index is 0.281. The molecule has 0 saturated carbocycles. The predicted molar refractivity (Wildman–Crippen MR) is 65.2 cm³/mol. The number of nitrogens with zero attached hydrogens (tertiary/aromatic N) is 2. The number of non-ortho nitro benzene ring substituents is 2. The quantitative estimate of drug-likeness (QED) is 0.473. The van der Waals surface area contributed by atoms with Crippen molar-refractivity contribution in [1.82, 2.24) is 5.32 Å². The molecule has 0 heterocycles. The molecule has 20 heavy (non-hydrogen) atoms. The summed E-state index contributed by atoms with van der Waals surface area (Å²) >= 11 is 0. The smallest absolute Gasteiger partial charge is 0.277 e. The maximum absolute atomic E-state index is 11.7. The number of aliphatic hydroxyl groups is 2. The normalized spacial score (nSPS) is 11.7. The maximum atomic E-state index is 11.7. The zero-order chi connectivity index (χ0) is 15.3. The van der Waals surface area contributed by atoms with Crippen molar-refractivity contribution < 1.29 is 24.9 Å². The van der Waals surface area contributed by atoms with Crippen LogP contribution >= 0.6 is 0 Å². The second kappa shape index (κ2) is 6.54. The van der Waals surface area contributed by atoms with Crippen LogP contribution in [0.25, 0.3) is 0 Å². The molecule has 0 fully saturated rings. The van der Waals surface area contributed by atoms with Crippen LogP contribution in [0.15, 0.2) is 18.2 Å². The van der Waals surface area contributed by atoms with Gasteiger partial charge in [0.05, 0.1) is 34.2 Å². The van der Waals surface area contributed by atoms with Crippen molar-refractivity contribution >= 4 is 17.3 Å². The first-order chi connectivity index (χ1) is 9.35. The Hall–Kier alpha value is -2.59. The fourth-order valence-corrected chi connectivity index (χ4v) is 1.31. The van der Waals surface area contributed by atoms with E-state index in [2.05, 4.69) is 5.32 Å². The van der Waals surface area contributed by atoms with Crippen molar-refractivity contribution in [1.29, 1.82) is 0 Å². The largest absolute Gasteiger partial charge is 0.394 e. The lowest BCUT2D eigenvalue weighted by molar-refractivity contribution is -0.394. The van der Waals surface area contributed by atoms with Gasteiger partial charge in [-0.3, -0.25) is 25.0 Å². The van der Waals surface area contributed by atoms with Gasteiger partial charge in [-0.2, -0.15) is 0 Å². The topological polar surface area (TPSA) is 156 Å². The van der Waals surface area contributed by atoms with Gasteiger partial charge in [0.2, 0.25) is 0 Å². The summed E-state index contributed by atoms with van der Waals surface area (Å²) in [4.78, 5) is 31.2. The van der Waals surface area contributed by atoms with E-state index in [1.54, 1.807) is 0 Å². The number of hydrogen-bond donors (Lipinski definition) is 3. The van der Waals surface area contributed by atoms with Crippen molar-refractivity contribution in [3.05, 3.63) is 44.0 Å². The van der Waals surface area contributed by atoms with Gasteiger partial charge in [0.15, 0.2) is 0 Å². The number of carbonyl (C=O) groups excluding carboxylic acids is 1. The van der Waals surface area contributed by atoms with Crippen LogP contribution in [0.1, 0.15) is 10.4 Å². The molecule has 1 atom stereocenters. The number of aliphatic hydroxyl groups excluding tert-OH is 2. The Labute approximate surface area is 111 Å². The van der Waals surface area contributed by atoms with E-state index in [0.29, 0.717) is 0 Å². The molecule has 0 spiro atoms. The minimum atomic E-state index is -1.19. The molecule has 10 nitrogen and oxygen atoms in total. The highest BCUT2D eigenvalue weighted by Gasteiger charge is 2.20. The van der Waals surface area contributed by atoms with Gasteiger partial charge in [0.1, 0.15) is 0 Å². The molecule has 1 amide bonds. The molecule has 1 unspecified atom stereocenters. The highest BCUT2D eigenvalue weighted by molar-refractivity contribution is 5.95. The number of nitrogens with one attached hydrogen (secondary N) is 1. The summed E-state index contributed by atoms with van der Waals surface area (Å²) in [6.45, 7) is -0.860. The third-order valence-corrected chi connectivity index (χ3v) is 2.30. The first kappa shape index (κ1) is 15.5. The van der Waals surface area contributed by atoms with Crippen LogP contribution < -0.4 is 5.32 Å². The zero-order valence-corrected chi connectivity index (χ0v) is 10.1. The molecule has 0 bridgehead atoms. The van der Waals surface area contributed by atoms with Crippen LogP contribution in [0.4, 0.5) is 11.4 Å². The van der Waals surface area contributed by atoms with Crippen LogP contribution in [0, 0.1) is 20.2 Å². The fraction of sp³-hybridized carbons (Fsp3) is 0.300. The average molecular weight is 285 g/mol. The number of carbonyl (C=O) groups is 1. The first-order valence-corrected chi connectivity index (χ1v) is 5.36. The summed E-state index contributed by atoms with van der Waals surface area (Å²) in [6.07, 6.45) is -1.19. The van der Waals surface area contributed by atoms with Crippen molar-refractivity contribution in [2.75, 3.05) is 13.2 Å².